The van der Waals surface area contributed by atoms with E-state index in [-0.39, 0.29) is 88.9 Å². The van der Waals surface area contributed by atoms with Gasteiger partial charge in [0.1, 0.15) is 0 Å². The molecule has 0 atom stereocenters. The summed E-state index contributed by atoms with van der Waals surface area (Å²) in [6.45, 7) is 0. The topological polar surface area (TPSA) is 0 Å². The zero-order chi connectivity index (χ0) is 0. The van der Waals surface area contributed by atoms with Gasteiger partial charge in [0, 0.05) is 41.7 Å². The predicted octanol–water partition coefficient (Wildman–Crippen LogP) is -6.37. The van der Waals surface area contributed by atoms with E-state index in [1.807, 2.05) is 0 Å². The van der Waals surface area contributed by atoms with Crippen molar-refractivity contribution < 1.29 is 51.2 Å². The van der Waals surface area contributed by atoms with E-state index in [0.717, 1.165) is 0 Å². The predicted molar refractivity (Wildman–Crippen MR) is 5.75 cm³/mol. The van der Waals surface area contributed by atoms with Crippen molar-refractivity contribution in [1.82, 2.24) is 0 Å². The fraction of sp³-hybridized carbons (Fsp3) is 0. The maximum Gasteiger partial charge on any atom is 2.00 e. The van der Waals surface area contributed by atoms with Gasteiger partial charge in [0.15, 0.2) is 0 Å². The molecule has 4 heavy (non-hydrogen) atoms. The Hall–Kier alpha value is 2.50. The van der Waals surface area contributed by atoms with Crippen LogP contribution >= 0.6 is 0 Å². The monoisotopic (exact) mass is 218 g/mol. The molecule has 0 aliphatic heterocycles. The van der Waals surface area contributed by atoms with Crippen molar-refractivity contribution in [2.45, 2.75) is 0 Å². The van der Waals surface area contributed by atoms with Crippen LogP contribution in [0, 0.1) is 41.7 Å². The third-order valence-corrected chi connectivity index (χ3v) is 0. The van der Waals surface area contributed by atoms with Gasteiger partial charge in [0.25, 0.3) is 0 Å². The molecule has 0 spiro atoms. The molecule has 0 aromatic heterocycles. The normalized spacial score (nSPS) is 0. The van der Waals surface area contributed by atoms with Crippen LogP contribution in [0.25, 0.3) is 0 Å². The molecule has 0 saturated heterocycles. The molecule has 0 bridgehead atoms. The number of rotatable bonds is 0. The summed E-state index contributed by atoms with van der Waals surface area (Å²) in [7, 11) is 0. The van der Waals surface area contributed by atoms with Gasteiger partial charge in [-0.25, -0.2) is 0 Å². The molecule has 0 radical (unpaired) electrons. The third-order valence-electron chi connectivity index (χ3n) is 0. The first-order valence-corrected chi connectivity index (χ1v) is 0. The molecule has 0 nitrogen and oxygen atoms in total. The molecular weight excluding hydrogens is 218 g/mol. The van der Waals surface area contributed by atoms with Crippen molar-refractivity contribution in [2.75, 3.05) is 0 Å². The maximum atomic E-state index is 0. The third kappa shape index (κ3) is 8.82. The number of halogens is 2. The SMILES string of the molecule is [Ca+2].[Ce].[F-].[F-]. The van der Waals surface area contributed by atoms with Crippen molar-refractivity contribution >= 4 is 37.7 Å². The fourth-order valence-electron chi connectivity index (χ4n) is 0. The summed E-state index contributed by atoms with van der Waals surface area (Å²) in [5, 5.41) is 0. The minimum Gasteiger partial charge on any atom is -1.00 e. The van der Waals surface area contributed by atoms with Crippen LogP contribution in [-0.2, 0) is 0 Å². The van der Waals surface area contributed by atoms with E-state index < -0.39 is 0 Å². The Kier molecular flexibility index (Phi) is 140. The molecule has 4 heteroatoms. The van der Waals surface area contributed by atoms with Gasteiger partial charge in [-0.2, -0.15) is 0 Å². The quantitative estimate of drug-likeness (QED) is 0.355. The van der Waals surface area contributed by atoms with Gasteiger partial charge < -0.3 is 9.41 Å². The van der Waals surface area contributed by atoms with Crippen molar-refractivity contribution in [3.8, 4) is 0 Å². The van der Waals surface area contributed by atoms with Gasteiger partial charge in [-0.05, 0) is 0 Å². The smallest absolute Gasteiger partial charge is 1.00 e. The largest absolute Gasteiger partial charge is 2.00 e. The van der Waals surface area contributed by atoms with Gasteiger partial charge >= 0.3 is 37.7 Å². The van der Waals surface area contributed by atoms with Gasteiger partial charge in [-0.3, -0.25) is 0 Å². The van der Waals surface area contributed by atoms with Crippen molar-refractivity contribution in [2.24, 2.45) is 0 Å². The van der Waals surface area contributed by atoms with E-state index in [1.165, 1.54) is 0 Å². The van der Waals surface area contributed by atoms with E-state index in [1.54, 1.807) is 0 Å². The fourth-order valence-corrected chi connectivity index (χ4v) is 0. The van der Waals surface area contributed by atoms with Gasteiger partial charge in [0.05, 0.1) is 0 Å². The van der Waals surface area contributed by atoms with Crippen LogP contribution < -0.4 is 9.41 Å². The van der Waals surface area contributed by atoms with Crippen molar-refractivity contribution in [1.29, 1.82) is 0 Å². The first-order valence-electron chi connectivity index (χ1n) is 0. The molecular formula is CaCeF2. The summed E-state index contributed by atoms with van der Waals surface area (Å²) >= 11 is 0. The average Bonchev–Trinajstić information content (AvgIpc) is 0. The Morgan fingerprint density at radius 3 is 0.750 bits per heavy atom. The average molecular weight is 218 g/mol. The Morgan fingerprint density at radius 1 is 0.750 bits per heavy atom. The van der Waals surface area contributed by atoms with Crippen LogP contribution in [-0.4, -0.2) is 37.7 Å². The Balaban J connectivity index is 0. The Bertz CT molecular complexity index is 6.00. The van der Waals surface area contributed by atoms with Gasteiger partial charge in [0.2, 0.25) is 0 Å². The zero-order valence-electron chi connectivity index (χ0n) is 1.96. The van der Waals surface area contributed by atoms with Crippen LogP contribution in [0.4, 0.5) is 0 Å². The number of hydrogen-bond donors (Lipinski definition) is 0. The molecule has 0 amide bonds. The molecule has 0 saturated carbocycles. The summed E-state index contributed by atoms with van der Waals surface area (Å²) in [5.41, 5.74) is 0. The van der Waals surface area contributed by atoms with E-state index in [0.29, 0.717) is 0 Å². The van der Waals surface area contributed by atoms with E-state index in [2.05, 4.69) is 0 Å². The molecule has 0 aliphatic rings. The minimum absolute atomic E-state index is 0. The van der Waals surface area contributed by atoms with Crippen LogP contribution in [0.1, 0.15) is 0 Å². The van der Waals surface area contributed by atoms with Crippen LogP contribution in [0.3, 0.4) is 0 Å². The van der Waals surface area contributed by atoms with Crippen LogP contribution in [0.15, 0.2) is 0 Å². The van der Waals surface area contributed by atoms with E-state index >= 15 is 0 Å². The second-order valence-corrected chi connectivity index (χ2v) is 0. The van der Waals surface area contributed by atoms with E-state index in [9.17, 15) is 0 Å². The summed E-state index contributed by atoms with van der Waals surface area (Å²) in [4.78, 5) is 0. The molecule has 20 valence electrons. The molecule has 0 fully saturated rings. The summed E-state index contributed by atoms with van der Waals surface area (Å²) < 4.78 is 0. The molecule has 0 rings (SSSR count). The Labute approximate surface area is 86.8 Å². The minimum atomic E-state index is 0. The molecule has 0 aromatic rings. The second kappa shape index (κ2) is 17.8. The molecule has 0 unspecified atom stereocenters. The standard InChI is InChI=1S/Ca.Ce.2FH/h;;2*1H/q+2;;;/p-2. The zero-order valence-corrected chi connectivity index (χ0v) is 7.31. The summed E-state index contributed by atoms with van der Waals surface area (Å²) in [5.74, 6) is 0. The second-order valence-electron chi connectivity index (χ2n) is 0. The summed E-state index contributed by atoms with van der Waals surface area (Å²) in [6, 6.07) is 0. The van der Waals surface area contributed by atoms with Crippen molar-refractivity contribution in [3.05, 3.63) is 0 Å². The molecule has 0 aromatic carbocycles. The van der Waals surface area contributed by atoms with Gasteiger partial charge in [-0.1, -0.05) is 0 Å². The Morgan fingerprint density at radius 2 is 0.750 bits per heavy atom. The summed E-state index contributed by atoms with van der Waals surface area (Å²) in [6.07, 6.45) is 0. The molecule has 0 aliphatic carbocycles. The maximum absolute atomic E-state index is 0. The molecule has 0 N–H and O–H groups in total. The first-order chi connectivity index (χ1) is 0. The van der Waals surface area contributed by atoms with Gasteiger partial charge in [-0.15, -0.1) is 0 Å². The molecule has 0 heterocycles. The first kappa shape index (κ1) is 31.5. The van der Waals surface area contributed by atoms with Crippen LogP contribution in [0.2, 0.25) is 0 Å². The van der Waals surface area contributed by atoms with Crippen LogP contribution in [0.5, 0.6) is 0 Å². The van der Waals surface area contributed by atoms with Crippen molar-refractivity contribution in [3.63, 3.8) is 0 Å². The van der Waals surface area contributed by atoms with E-state index in [4.69, 9.17) is 0 Å². The number of hydrogen-bond acceptors (Lipinski definition) is 0.